The van der Waals surface area contributed by atoms with Gasteiger partial charge in [-0.25, -0.2) is 4.57 Å². The highest BCUT2D eigenvalue weighted by molar-refractivity contribution is 5.61. The Hall–Kier alpha value is -1.15. The molecule has 0 radical (unpaired) electrons. The standard InChI is InChI=1S/C27H42N.BrH/c1-2-3-4-5-6-7-8-9-10-11-12-13-14-18-23-28-24-21-27(22-25-28)26-19-16-15-17-20-26;/h15-17,19-22,24-25H,2-14,18,23H2,1H3;1H/q+1;/p-1. The van der Waals surface area contributed by atoms with Crippen molar-refractivity contribution in [3.8, 4) is 11.1 Å². The van der Waals surface area contributed by atoms with Gasteiger partial charge >= 0.3 is 0 Å². The molecule has 29 heavy (non-hydrogen) atoms. The fraction of sp³-hybridized carbons (Fsp3) is 0.593. The largest absolute Gasteiger partial charge is 1.00 e. The first-order valence-electron chi connectivity index (χ1n) is 11.9. The van der Waals surface area contributed by atoms with Gasteiger partial charge in [0.05, 0.1) is 0 Å². The highest BCUT2D eigenvalue weighted by Gasteiger charge is 2.02. The molecule has 0 saturated heterocycles. The lowest BCUT2D eigenvalue weighted by Crippen LogP contribution is -3.00. The molecule has 0 atom stereocenters. The Balaban J connectivity index is 0.00000420. The smallest absolute Gasteiger partial charge is 0.169 e. The summed E-state index contributed by atoms with van der Waals surface area (Å²) in [7, 11) is 0. The van der Waals surface area contributed by atoms with Gasteiger partial charge in [0.15, 0.2) is 12.4 Å². The van der Waals surface area contributed by atoms with Crippen LogP contribution in [-0.2, 0) is 6.54 Å². The van der Waals surface area contributed by atoms with Crippen LogP contribution in [0.1, 0.15) is 96.8 Å². The zero-order chi connectivity index (χ0) is 19.7. The molecule has 0 N–H and O–H groups in total. The van der Waals surface area contributed by atoms with Gasteiger partial charge in [-0.15, -0.1) is 0 Å². The number of halogens is 1. The SMILES string of the molecule is CCCCCCCCCCCCCCCC[n+]1ccc(-c2ccccc2)cc1.[Br-]. The molecule has 162 valence electrons. The molecule has 0 aliphatic rings. The van der Waals surface area contributed by atoms with Gasteiger partial charge in [0, 0.05) is 18.6 Å². The molecule has 2 aromatic rings. The predicted octanol–water partition coefficient (Wildman–Crippen LogP) is 5.13. The van der Waals surface area contributed by atoms with E-state index in [1.54, 1.807) is 0 Å². The summed E-state index contributed by atoms with van der Waals surface area (Å²) >= 11 is 0. The molecule has 1 aromatic heterocycles. The van der Waals surface area contributed by atoms with Crippen molar-refractivity contribution >= 4 is 0 Å². The van der Waals surface area contributed by atoms with E-state index in [1.807, 2.05) is 0 Å². The van der Waals surface area contributed by atoms with Gasteiger partial charge in [-0.2, -0.15) is 0 Å². The molecule has 1 aromatic carbocycles. The molecule has 0 bridgehead atoms. The van der Waals surface area contributed by atoms with Gasteiger partial charge in [-0.3, -0.25) is 0 Å². The Morgan fingerprint density at radius 2 is 0.931 bits per heavy atom. The maximum absolute atomic E-state index is 2.33. The van der Waals surface area contributed by atoms with E-state index in [9.17, 15) is 0 Å². The van der Waals surface area contributed by atoms with Gasteiger partial charge in [0.1, 0.15) is 6.54 Å². The lowest BCUT2D eigenvalue weighted by atomic mass is 10.0. The number of benzene rings is 1. The van der Waals surface area contributed by atoms with Gasteiger partial charge in [-0.05, 0) is 17.5 Å². The molecule has 0 aliphatic heterocycles. The van der Waals surface area contributed by atoms with Crippen molar-refractivity contribution in [2.45, 2.75) is 103 Å². The van der Waals surface area contributed by atoms with Crippen LogP contribution in [0.15, 0.2) is 54.9 Å². The van der Waals surface area contributed by atoms with Crippen LogP contribution in [0.25, 0.3) is 11.1 Å². The van der Waals surface area contributed by atoms with Crippen molar-refractivity contribution in [3.05, 3.63) is 54.9 Å². The van der Waals surface area contributed by atoms with Gasteiger partial charge in [-0.1, -0.05) is 114 Å². The van der Waals surface area contributed by atoms with E-state index in [0.29, 0.717) is 0 Å². The minimum atomic E-state index is 0. The minimum absolute atomic E-state index is 0. The van der Waals surface area contributed by atoms with E-state index in [4.69, 9.17) is 0 Å². The summed E-state index contributed by atoms with van der Waals surface area (Å²) in [4.78, 5) is 0. The van der Waals surface area contributed by atoms with Crippen molar-refractivity contribution < 1.29 is 21.5 Å². The summed E-state index contributed by atoms with van der Waals surface area (Å²) in [6, 6.07) is 15.1. The maximum Gasteiger partial charge on any atom is 0.169 e. The Morgan fingerprint density at radius 3 is 1.41 bits per heavy atom. The van der Waals surface area contributed by atoms with E-state index >= 15 is 0 Å². The van der Waals surface area contributed by atoms with Crippen molar-refractivity contribution in [1.82, 2.24) is 0 Å². The van der Waals surface area contributed by atoms with Crippen LogP contribution in [0.2, 0.25) is 0 Å². The van der Waals surface area contributed by atoms with Crippen molar-refractivity contribution in [2.75, 3.05) is 0 Å². The lowest BCUT2D eigenvalue weighted by molar-refractivity contribution is -0.697. The molecule has 0 unspecified atom stereocenters. The second-order valence-corrected chi connectivity index (χ2v) is 8.29. The normalized spacial score (nSPS) is 10.7. The summed E-state index contributed by atoms with van der Waals surface area (Å²) in [5.41, 5.74) is 2.60. The third-order valence-electron chi connectivity index (χ3n) is 5.77. The highest BCUT2D eigenvalue weighted by Crippen LogP contribution is 2.16. The average molecular weight is 461 g/mol. The van der Waals surface area contributed by atoms with E-state index in [1.165, 1.54) is 101 Å². The quantitative estimate of drug-likeness (QED) is 0.242. The van der Waals surface area contributed by atoms with Crippen LogP contribution in [0.3, 0.4) is 0 Å². The first-order chi connectivity index (χ1) is 13.9. The van der Waals surface area contributed by atoms with Crippen LogP contribution in [0, 0.1) is 0 Å². The molecule has 0 fully saturated rings. The number of nitrogens with zero attached hydrogens (tertiary/aromatic N) is 1. The van der Waals surface area contributed by atoms with E-state index in [-0.39, 0.29) is 17.0 Å². The monoisotopic (exact) mass is 459 g/mol. The fourth-order valence-corrected chi connectivity index (χ4v) is 3.92. The summed E-state index contributed by atoms with van der Waals surface area (Å²) < 4.78 is 2.33. The summed E-state index contributed by atoms with van der Waals surface area (Å²) in [6.07, 6.45) is 24.4. The molecule has 2 rings (SSSR count). The third kappa shape index (κ3) is 12.2. The van der Waals surface area contributed by atoms with Crippen LogP contribution in [0.5, 0.6) is 0 Å². The number of unbranched alkanes of at least 4 members (excludes halogenated alkanes) is 13. The first kappa shape index (κ1) is 25.9. The second-order valence-electron chi connectivity index (χ2n) is 8.29. The summed E-state index contributed by atoms with van der Waals surface area (Å²) in [5.74, 6) is 0. The molecule has 2 heteroatoms. The summed E-state index contributed by atoms with van der Waals surface area (Å²) in [6.45, 7) is 3.44. The fourth-order valence-electron chi connectivity index (χ4n) is 3.92. The second kappa shape index (κ2) is 17.7. The van der Waals surface area contributed by atoms with Crippen molar-refractivity contribution in [3.63, 3.8) is 0 Å². The number of aromatic nitrogens is 1. The van der Waals surface area contributed by atoms with E-state index < -0.39 is 0 Å². The van der Waals surface area contributed by atoms with Gasteiger partial charge in [0.2, 0.25) is 0 Å². The zero-order valence-corrected chi connectivity index (χ0v) is 20.2. The molecule has 0 amide bonds. The Labute approximate surface area is 190 Å². The highest BCUT2D eigenvalue weighted by atomic mass is 79.9. The van der Waals surface area contributed by atoms with Crippen molar-refractivity contribution in [2.24, 2.45) is 0 Å². The first-order valence-corrected chi connectivity index (χ1v) is 11.9. The average Bonchev–Trinajstić information content (AvgIpc) is 2.75. The van der Waals surface area contributed by atoms with Crippen LogP contribution in [-0.4, -0.2) is 0 Å². The van der Waals surface area contributed by atoms with Crippen LogP contribution in [0.4, 0.5) is 0 Å². The van der Waals surface area contributed by atoms with E-state index in [0.717, 1.165) is 6.54 Å². The third-order valence-corrected chi connectivity index (χ3v) is 5.77. The number of aryl methyl sites for hydroxylation is 1. The number of hydrogen-bond acceptors (Lipinski definition) is 0. The van der Waals surface area contributed by atoms with Gasteiger partial charge in [0.25, 0.3) is 0 Å². The lowest BCUT2D eigenvalue weighted by Gasteiger charge is -2.03. The number of rotatable bonds is 16. The summed E-state index contributed by atoms with van der Waals surface area (Å²) in [5, 5.41) is 0. The van der Waals surface area contributed by atoms with Crippen LogP contribution < -0.4 is 21.5 Å². The zero-order valence-electron chi connectivity index (χ0n) is 18.6. The number of hydrogen-bond donors (Lipinski definition) is 0. The molecule has 1 heterocycles. The minimum Gasteiger partial charge on any atom is -1.00 e. The predicted molar refractivity (Wildman–Crippen MR) is 122 cm³/mol. The molecule has 0 aliphatic carbocycles. The van der Waals surface area contributed by atoms with Crippen molar-refractivity contribution in [1.29, 1.82) is 0 Å². The number of pyridine rings is 1. The molecule has 1 nitrogen and oxygen atoms in total. The Bertz CT molecular complexity index is 594. The van der Waals surface area contributed by atoms with E-state index in [2.05, 4.69) is 66.3 Å². The molecular formula is C27H42BrN. The topological polar surface area (TPSA) is 3.88 Å². The molecule has 0 spiro atoms. The molecule has 0 saturated carbocycles. The Kier molecular flexibility index (Phi) is 15.8. The van der Waals surface area contributed by atoms with Crippen LogP contribution >= 0.6 is 0 Å². The Morgan fingerprint density at radius 1 is 0.517 bits per heavy atom. The van der Waals surface area contributed by atoms with Gasteiger partial charge < -0.3 is 17.0 Å². The molecular weight excluding hydrogens is 418 g/mol. The maximum atomic E-state index is 2.33.